The van der Waals surface area contributed by atoms with Gasteiger partial charge in [-0.15, -0.1) is 0 Å². The summed E-state index contributed by atoms with van der Waals surface area (Å²) < 4.78 is 28.4. The highest BCUT2D eigenvalue weighted by Gasteiger charge is 2.32. The van der Waals surface area contributed by atoms with E-state index in [9.17, 15) is 14.3 Å². The summed E-state index contributed by atoms with van der Waals surface area (Å²) in [6, 6.07) is 9.04. The van der Waals surface area contributed by atoms with Gasteiger partial charge in [-0.25, -0.2) is 9.36 Å². The fraction of sp³-hybridized carbons (Fsp3) is 0.788. The first-order valence-corrected chi connectivity index (χ1v) is 18.9. The van der Waals surface area contributed by atoms with Gasteiger partial charge in [-0.2, -0.15) is 11.8 Å². The smallest absolute Gasteiger partial charge is 0.435 e. The summed E-state index contributed by atoms with van der Waals surface area (Å²) in [5.74, 6) is 1.17. The van der Waals surface area contributed by atoms with Crippen LogP contribution in [-0.4, -0.2) is 40.9 Å². The number of hydrogen-bond acceptors (Lipinski definition) is 6. The van der Waals surface area contributed by atoms with E-state index in [4.69, 9.17) is 14.0 Å². The van der Waals surface area contributed by atoms with Crippen LogP contribution in [0, 0.1) is 0 Å². The Morgan fingerprint density at radius 2 is 1.37 bits per heavy atom. The van der Waals surface area contributed by atoms with Crippen molar-refractivity contribution in [3.63, 3.8) is 0 Å². The van der Waals surface area contributed by atoms with Crippen molar-refractivity contribution in [1.82, 2.24) is 0 Å². The maximum Gasteiger partial charge on any atom is 0.435 e. The van der Waals surface area contributed by atoms with Crippen LogP contribution >= 0.6 is 19.4 Å². The van der Waals surface area contributed by atoms with Crippen LogP contribution in [0.25, 0.3) is 0 Å². The van der Waals surface area contributed by atoms with Gasteiger partial charge in [-0.1, -0.05) is 134 Å². The minimum atomic E-state index is -4.49. The first-order chi connectivity index (χ1) is 19.9. The van der Waals surface area contributed by atoms with E-state index in [-0.39, 0.29) is 19.3 Å². The van der Waals surface area contributed by atoms with Crippen molar-refractivity contribution < 1.29 is 28.3 Å². The van der Waals surface area contributed by atoms with Crippen LogP contribution in [-0.2, 0) is 25.2 Å². The van der Waals surface area contributed by atoms with Crippen LogP contribution in [0.1, 0.15) is 135 Å². The standard InChI is InChI=1S/C33H59O6PS/c1-4-6-8-10-12-13-14-16-21-28-41-32(25-20-15-11-9-7-5-2)30(3)37-26-22-27-39-40(35,36)33(34)38-29-31-23-18-17-19-24-31/h17-19,23-24,30,32H,4-16,20-22,25-29H2,1-3H3,(H,35,36). The molecule has 0 aromatic heterocycles. The lowest BCUT2D eigenvalue weighted by Gasteiger charge is -2.24. The van der Waals surface area contributed by atoms with Gasteiger partial charge in [-0.05, 0) is 37.5 Å². The fourth-order valence-corrected chi connectivity index (χ4v) is 6.77. The van der Waals surface area contributed by atoms with Gasteiger partial charge in [0, 0.05) is 11.9 Å². The number of thioether (sulfide) groups is 1. The zero-order chi connectivity index (χ0) is 30.0. The highest BCUT2D eigenvalue weighted by Crippen LogP contribution is 2.44. The molecule has 0 aliphatic rings. The third kappa shape index (κ3) is 20.7. The predicted molar refractivity (Wildman–Crippen MR) is 174 cm³/mol. The van der Waals surface area contributed by atoms with Crippen molar-refractivity contribution in [3.8, 4) is 0 Å². The molecular formula is C33H59O6PS. The summed E-state index contributed by atoms with van der Waals surface area (Å²) >= 11 is 2.05. The molecule has 0 heterocycles. The Labute approximate surface area is 255 Å². The van der Waals surface area contributed by atoms with E-state index in [1.54, 1.807) is 12.1 Å². The molecule has 238 valence electrons. The highest BCUT2D eigenvalue weighted by molar-refractivity contribution is 7.99. The second-order valence-electron chi connectivity index (χ2n) is 11.1. The van der Waals surface area contributed by atoms with Gasteiger partial charge in [0.05, 0.1) is 12.7 Å². The molecule has 0 amide bonds. The highest BCUT2D eigenvalue weighted by atomic mass is 32.2. The Kier molecular flexibility index (Phi) is 23.9. The molecule has 1 aromatic rings. The van der Waals surface area contributed by atoms with Crippen LogP contribution in [0.4, 0.5) is 4.79 Å². The third-order valence-electron chi connectivity index (χ3n) is 7.32. The SMILES string of the molecule is CCCCCCCCCCCSC(CCCCCCCC)C(C)OCCCOP(=O)(O)C(=O)OCc1ccccc1. The summed E-state index contributed by atoms with van der Waals surface area (Å²) in [4.78, 5) is 22.0. The van der Waals surface area contributed by atoms with Crippen LogP contribution < -0.4 is 0 Å². The van der Waals surface area contributed by atoms with Gasteiger partial charge in [0.2, 0.25) is 0 Å². The first-order valence-electron chi connectivity index (χ1n) is 16.3. The number of hydrogen-bond donors (Lipinski definition) is 1. The topological polar surface area (TPSA) is 82.1 Å². The Balaban J connectivity index is 2.31. The second-order valence-corrected chi connectivity index (χ2v) is 14.1. The largest absolute Gasteiger partial charge is 0.452 e. The van der Waals surface area contributed by atoms with Crippen molar-refractivity contribution in [2.75, 3.05) is 19.0 Å². The molecule has 41 heavy (non-hydrogen) atoms. The van der Waals surface area contributed by atoms with Gasteiger partial charge in [0.1, 0.15) is 6.61 Å². The molecular weight excluding hydrogens is 555 g/mol. The van der Waals surface area contributed by atoms with Gasteiger partial charge in [-0.3, -0.25) is 0 Å². The lowest BCUT2D eigenvalue weighted by molar-refractivity contribution is 0.0535. The van der Waals surface area contributed by atoms with Gasteiger partial charge in [0.15, 0.2) is 0 Å². The first kappa shape index (κ1) is 38.2. The van der Waals surface area contributed by atoms with Gasteiger partial charge in [0.25, 0.3) is 0 Å². The third-order valence-corrected chi connectivity index (χ3v) is 10.0. The molecule has 0 bridgehead atoms. The average Bonchev–Trinajstić information content (AvgIpc) is 2.97. The lowest BCUT2D eigenvalue weighted by atomic mass is 10.1. The number of unbranched alkanes of at least 4 members (excludes halogenated alkanes) is 13. The Hall–Kier alpha value is -0.850. The van der Waals surface area contributed by atoms with Crippen molar-refractivity contribution in [2.45, 2.75) is 148 Å². The van der Waals surface area contributed by atoms with Crippen molar-refractivity contribution in [3.05, 3.63) is 35.9 Å². The predicted octanol–water partition coefficient (Wildman–Crippen LogP) is 10.7. The van der Waals surface area contributed by atoms with Crippen LogP contribution in [0.5, 0.6) is 0 Å². The fourth-order valence-electron chi connectivity index (χ4n) is 4.70. The maximum absolute atomic E-state index is 12.2. The zero-order valence-electron chi connectivity index (χ0n) is 26.2. The summed E-state index contributed by atoms with van der Waals surface area (Å²) in [5, 5.41) is 0.452. The molecule has 1 aromatic carbocycles. The van der Waals surface area contributed by atoms with E-state index in [1.807, 2.05) is 30.0 Å². The molecule has 6 nitrogen and oxygen atoms in total. The quantitative estimate of drug-likeness (QED) is 0.0742. The Morgan fingerprint density at radius 3 is 1.98 bits per heavy atom. The van der Waals surface area contributed by atoms with E-state index in [2.05, 4.69) is 20.8 Å². The molecule has 0 aliphatic carbocycles. The summed E-state index contributed by atoms with van der Waals surface area (Å²) in [6.45, 7) is 6.98. The Morgan fingerprint density at radius 1 is 0.805 bits per heavy atom. The van der Waals surface area contributed by atoms with E-state index in [0.717, 1.165) is 12.0 Å². The normalized spacial score (nSPS) is 14.4. The number of carbonyl (C=O) groups is 1. The molecule has 0 radical (unpaired) electrons. The lowest BCUT2D eigenvalue weighted by Crippen LogP contribution is -2.25. The molecule has 1 rings (SSSR count). The van der Waals surface area contributed by atoms with E-state index >= 15 is 0 Å². The minimum Gasteiger partial charge on any atom is -0.452 e. The average molecular weight is 615 g/mol. The molecule has 0 saturated heterocycles. The van der Waals surface area contributed by atoms with Crippen molar-refractivity contribution >= 4 is 25.1 Å². The van der Waals surface area contributed by atoms with E-state index < -0.39 is 13.3 Å². The van der Waals surface area contributed by atoms with Crippen molar-refractivity contribution in [2.24, 2.45) is 0 Å². The molecule has 1 N–H and O–H groups in total. The zero-order valence-corrected chi connectivity index (χ0v) is 27.9. The van der Waals surface area contributed by atoms with Gasteiger partial charge < -0.3 is 18.9 Å². The summed E-state index contributed by atoms with van der Waals surface area (Å²) in [5.41, 5.74) is -0.475. The number of carbonyl (C=O) groups excluding carboxylic acids is 1. The van der Waals surface area contributed by atoms with Gasteiger partial charge >= 0.3 is 13.3 Å². The number of rotatable bonds is 28. The monoisotopic (exact) mass is 614 g/mol. The van der Waals surface area contributed by atoms with Crippen LogP contribution in [0.15, 0.2) is 30.3 Å². The number of benzene rings is 1. The van der Waals surface area contributed by atoms with E-state index in [0.29, 0.717) is 18.3 Å². The molecule has 0 spiro atoms. The van der Waals surface area contributed by atoms with Crippen LogP contribution in [0.3, 0.4) is 0 Å². The van der Waals surface area contributed by atoms with E-state index in [1.165, 1.54) is 102 Å². The summed E-state index contributed by atoms with van der Waals surface area (Å²) in [7, 11) is -4.49. The molecule has 0 fully saturated rings. The molecule has 0 saturated carbocycles. The number of ether oxygens (including phenoxy) is 2. The maximum atomic E-state index is 12.2. The molecule has 8 heteroatoms. The summed E-state index contributed by atoms with van der Waals surface area (Å²) in [6.07, 6.45) is 21.6. The second kappa shape index (κ2) is 25.6. The minimum absolute atomic E-state index is 0.0331. The van der Waals surface area contributed by atoms with Crippen LogP contribution in [0.2, 0.25) is 0 Å². The van der Waals surface area contributed by atoms with Crippen molar-refractivity contribution in [1.29, 1.82) is 0 Å². The molecule has 3 atom stereocenters. The Bertz CT molecular complexity index is 793. The molecule has 0 aliphatic heterocycles. The molecule has 3 unspecified atom stereocenters.